The summed E-state index contributed by atoms with van der Waals surface area (Å²) >= 11 is 0. The summed E-state index contributed by atoms with van der Waals surface area (Å²) in [6.45, 7) is 10.1. The first-order valence-electron chi connectivity index (χ1n) is 5.43. The second-order valence-corrected chi connectivity index (χ2v) is 3.88. The zero-order valence-corrected chi connectivity index (χ0v) is 9.48. The standard InChI is InChI=1S/C11H21N3/c1-4-14(11(2)3)8-5-7-13-9-6-12-10-13/h6,9-11H,4-5,7-8H2,1-3H3. The monoisotopic (exact) mass is 195 g/mol. The van der Waals surface area contributed by atoms with Gasteiger partial charge in [-0.05, 0) is 26.8 Å². The predicted octanol–water partition coefficient (Wildman–Crippen LogP) is 2.00. The third-order valence-electron chi connectivity index (χ3n) is 2.56. The van der Waals surface area contributed by atoms with E-state index in [-0.39, 0.29) is 0 Å². The summed E-state index contributed by atoms with van der Waals surface area (Å²) in [4.78, 5) is 6.51. The molecular weight excluding hydrogens is 174 g/mol. The van der Waals surface area contributed by atoms with Gasteiger partial charge in [0.25, 0.3) is 0 Å². The third kappa shape index (κ3) is 3.50. The molecule has 0 radical (unpaired) electrons. The van der Waals surface area contributed by atoms with E-state index in [2.05, 4.69) is 35.2 Å². The molecule has 0 N–H and O–H groups in total. The first-order chi connectivity index (χ1) is 6.74. The second-order valence-electron chi connectivity index (χ2n) is 3.88. The van der Waals surface area contributed by atoms with Crippen LogP contribution in [0.5, 0.6) is 0 Å². The van der Waals surface area contributed by atoms with Crippen LogP contribution in [0.2, 0.25) is 0 Å². The van der Waals surface area contributed by atoms with Gasteiger partial charge < -0.3 is 9.47 Å². The van der Waals surface area contributed by atoms with Gasteiger partial charge in [0, 0.05) is 31.5 Å². The molecule has 14 heavy (non-hydrogen) atoms. The number of aryl methyl sites for hydroxylation is 1. The van der Waals surface area contributed by atoms with Crippen molar-refractivity contribution in [1.29, 1.82) is 0 Å². The molecule has 3 heteroatoms. The van der Waals surface area contributed by atoms with Gasteiger partial charge in [-0.15, -0.1) is 0 Å². The molecule has 0 aliphatic heterocycles. The van der Waals surface area contributed by atoms with Crippen molar-refractivity contribution in [2.75, 3.05) is 13.1 Å². The van der Waals surface area contributed by atoms with Crippen LogP contribution in [0.25, 0.3) is 0 Å². The second kappa shape index (κ2) is 5.81. The maximum absolute atomic E-state index is 4.02. The number of imidazole rings is 1. The van der Waals surface area contributed by atoms with Crippen molar-refractivity contribution in [3.8, 4) is 0 Å². The molecule has 1 aromatic rings. The van der Waals surface area contributed by atoms with Crippen LogP contribution in [0.4, 0.5) is 0 Å². The predicted molar refractivity (Wildman–Crippen MR) is 59.2 cm³/mol. The van der Waals surface area contributed by atoms with Gasteiger partial charge >= 0.3 is 0 Å². The van der Waals surface area contributed by atoms with E-state index in [4.69, 9.17) is 0 Å². The Morgan fingerprint density at radius 2 is 2.21 bits per heavy atom. The average molecular weight is 195 g/mol. The summed E-state index contributed by atoms with van der Waals surface area (Å²) in [5.41, 5.74) is 0. The van der Waals surface area contributed by atoms with Crippen LogP contribution in [0.1, 0.15) is 27.2 Å². The third-order valence-corrected chi connectivity index (χ3v) is 2.56. The number of hydrogen-bond acceptors (Lipinski definition) is 2. The molecule has 0 amide bonds. The van der Waals surface area contributed by atoms with E-state index in [9.17, 15) is 0 Å². The van der Waals surface area contributed by atoms with E-state index in [1.165, 1.54) is 13.0 Å². The molecule has 0 spiro atoms. The molecule has 1 heterocycles. The topological polar surface area (TPSA) is 21.1 Å². The molecule has 0 bridgehead atoms. The molecule has 0 saturated carbocycles. The zero-order chi connectivity index (χ0) is 10.4. The maximum Gasteiger partial charge on any atom is 0.0945 e. The highest BCUT2D eigenvalue weighted by molar-refractivity contribution is 4.74. The Morgan fingerprint density at radius 3 is 2.71 bits per heavy atom. The van der Waals surface area contributed by atoms with E-state index < -0.39 is 0 Å². The summed E-state index contributed by atoms with van der Waals surface area (Å²) in [5.74, 6) is 0. The fourth-order valence-electron chi connectivity index (χ4n) is 1.66. The Morgan fingerprint density at radius 1 is 1.43 bits per heavy atom. The van der Waals surface area contributed by atoms with E-state index in [1.54, 1.807) is 0 Å². The van der Waals surface area contributed by atoms with E-state index in [0.29, 0.717) is 6.04 Å². The molecule has 0 fully saturated rings. The minimum absolute atomic E-state index is 0.655. The lowest BCUT2D eigenvalue weighted by Gasteiger charge is -2.24. The van der Waals surface area contributed by atoms with Gasteiger partial charge in [0.15, 0.2) is 0 Å². The molecule has 0 aromatic carbocycles. The Kier molecular flexibility index (Phi) is 4.66. The highest BCUT2D eigenvalue weighted by Gasteiger charge is 2.05. The minimum Gasteiger partial charge on any atom is -0.337 e. The van der Waals surface area contributed by atoms with Gasteiger partial charge in [-0.1, -0.05) is 6.92 Å². The Labute approximate surface area is 86.7 Å². The molecule has 3 nitrogen and oxygen atoms in total. The molecule has 1 rings (SSSR count). The quantitative estimate of drug-likeness (QED) is 0.692. The highest BCUT2D eigenvalue weighted by Crippen LogP contribution is 2.00. The molecule has 0 saturated heterocycles. The van der Waals surface area contributed by atoms with Crippen molar-refractivity contribution < 1.29 is 0 Å². The zero-order valence-electron chi connectivity index (χ0n) is 9.48. The largest absolute Gasteiger partial charge is 0.337 e. The van der Waals surface area contributed by atoms with Gasteiger partial charge in [-0.25, -0.2) is 4.98 Å². The Bertz CT molecular complexity index is 229. The SMILES string of the molecule is CCN(CCCn1ccnc1)C(C)C. The van der Waals surface area contributed by atoms with E-state index >= 15 is 0 Å². The van der Waals surface area contributed by atoms with Crippen LogP contribution in [0.15, 0.2) is 18.7 Å². The molecule has 0 unspecified atom stereocenters. The highest BCUT2D eigenvalue weighted by atomic mass is 15.1. The number of aromatic nitrogens is 2. The number of rotatable bonds is 6. The summed E-state index contributed by atoms with van der Waals surface area (Å²) < 4.78 is 2.13. The molecule has 0 aliphatic rings. The molecule has 1 aromatic heterocycles. The van der Waals surface area contributed by atoms with Crippen LogP contribution in [0.3, 0.4) is 0 Å². The van der Waals surface area contributed by atoms with Gasteiger partial charge in [-0.3, -0.25) is 0 Å². The van der Waals surface area contributed by atoms with Gasteiger partial charge in [0.1, 0.15) is 0 Å². The summed E-state index contributed by atoms with van der Waals surface area (Å²) in [5, 5.41) is 0. The van der Waals surface area contributed by atoms with Crippen molar-refractivity contribution in [1.82, 2.24) is 14.5 Å². The van der Waals surface area contributed by atoms with Gasteiger partial charge in [-0.2, -0.15) is 0 Å². The summed E-state index contributed by atoms with van der Waals surface area (Å²) in [6, 6.07) is 0.655. The van der Waals surface area contributed by atoms with Crippen molar-refractivity contribution in [3.63, 3.8) is 0 Å². The van der Waals surface area contributed by atoms with Crippen LogP contribution in [0, 0.1) is 0 Å². The van der Waals surface area contributed by atoms with Crippen molar-refractivity contribution >= 4 is 0 Å². The summed E-state index contributed by atoms with van der Waals surface area (Å²) in [6.07, 6.45) is 6.93. The number of nitrogens with zero attached hydrogens (tertiary/aromatic N) is 3. The molecular formula is C11H21N3. The van der Waals surface area contributed by atoms with Crippen LogP contribution in [-0.4, -0.2) is 33.6 Å². The lowest BCUT2D eigenvalue weighted by atomic mass is 10.3. The van der Waals surface area contributed by atoms with Crippen molar-refractivity contribution in [3.05, 3.63) is 18.7 Å². The maximum atomic E-state index is 4.02. The van der Waals surface area contributed by atoms with Crippen molar-refractivity contribution in [2.24, 2.45) is 0 Å². The smallest absolute Gasteiger partial charge is 0.0945 e. The molecule has 80 valence electrons. The van der Waals surface area contributed by atoms with E-state index in [0.717, 1.165) is 13.1 Å². The normalized spacial score (nSPS) is 11.5. The summed E-state index contributed by atoms with van der Waals surface area (Å²) in [7, 11) is 0. The Balaban J connectivity index is 2.20. The molecule has 0 atom stereocenters. The average Bonchev–Trinajstić information content (AvgIpc) is 2.64. The molecule has 0 aliphatic carbocycles. The first kappa shape index (κ1) is 11.2. The first-order valence-corrected chi connectivity index (χ1v) is 5.43. The van der Waals surface area contributed by atoms with Crippen LogP contribution in [-0.2, 0) is 6.54 Å². The fraction of sp³-hybridized carbons (Fsp3) is 0.727. The Hall–Kier alpha value is -0.830. The minimum atomic E-state index is 0.655. The van der Waals surface area contributed by atoms with Gasteiger partial charge in [0.05, 0.1) is 6.33 Å². The lowest BCUT2D eigenvalue weighted by molar-refractivity contribution is 0.227. The van der Waals surface area contributed by atoms with Gasteiger partial charge in [0.2, 0.25) is 0 Å². The van der Waals surface area contributed by atoms with Crippen LogP contribution >= 0.6 is 0 Å². The fourth-order valence-corrected chi connectivity index (χ4v) is 1.66. The lowest BCUT2D eigenvalue weighted by Crippen LogP contribution is -2.31. The number of hydrogen-bond donors (Lipinski definition) is 0. The van der Waals surface area contributed by atoms with Crippen LogP contribution < -0.4 is 0 Å². The van der Waals surface area contributed by atoms with E-state index in [1.807, 2.05) is 18.7 Å². The van der Waals surface area contributed by atoms with Crippen molar-refractivity contribution in [2.45, 2.75) is 39.8 Å².